The van der Waals surface area contributed by atoms with Gasteiger partial charge in [-0.2, -0.15) is 0 Å². The van der Waals surface area contributed by atoms with Gasteiger partial charge >= 0.3 is 5.69 Å². The van der Waals surface area contributed by atoms with Crippen LogP contribution >= 0.6 is 0 Å². The average molecular weight is 457 g/mol. The Balaban J connectivity index is 1.43. The van der Waals surface area contributed by atoms with Crippen molar-refractivity contribution in [2.45, 2.75) is 65.0 Å². The first-order valence-electron chi connectivity index (χ1n) is 12.3. The van der Waals surface area contributed by atoms with E-state index < -0.39 is 0 Å². The Labute approximate surface area is 199 Å². The third kappa shape index (κ3) is 4.60. The summed E-state index contributed by atoms with van der Waals surface area (Å²) in [7, 11) is 0. The maximum atomic E-state index is 13.4. The molecule has 4 aromatic rings. The summed E-state index contributed by atoms with van der Waals surface area (Å²) in [6.07, 6.45) is 8.98. The van der Waals surface area contributed by atoms with Crippen LogP contribution in [0.3, 0.4) is 0 Å². The minimum absolute atomic E-state index is 0.134. The maximum Gasteiger partial charge on any atom is 0.328 e. The van der Waals surface area contributed by atoms with Crippen molar-refractivity contribution in [1.82, 2.24) is 29.8 Å². The molecule has 176 valence electrons. The van der Waals surface area contributed by atoms with Gasteiger partial charge < -0.3 is 0 Å². The van der Waals surface area contributed by atoms with E-state index in [-0.39, 0.29) is 5.69 Å². The predicted octanol–water partition coefficient (Wildman–Crippen LogP) is 5.25. The lowest BCUT2D eigenvalue weighted by Crippen LogP contribution is -2.29. The van der Waals surface area contributed by atoms with E-state index in [4.69, 9.17) is 0 Å². The summed E-state index contributed by atoms with van der Waals surface area (Å²) in [5, 5.41) is 14.3. The zero-order valence-corrected chi connectivity index (χ0v) is 19.9. The van der Waals surface area contributed by atoms with Crippen LogP contribution in [0.25, 0.3) is 22.5 Å². The molecule has 1 aliphatic rings. The average Bonchev–Trinajstić information content (AvgIpc) is 3.50. The minimum atomic E-state index is 0.134. The van der Waals surface area contributed by atoms with Crippen molar-refractivity contribution in [3.8, 4) is 22.5 Å². The third-order valence-corrected chi connectivity index (χ3v) is 6.81. The second-order valence-corrected chi connectivity index (χ2v) is 9.78. The van der Waals surface area contributed by atoms with Crippen LogP contribution in [0.4, 0.5) is 0 Å². The zero-order valence-electron chi connectivity index (χ0n) is 19.9. The lowest BCUT2D eigenvalue weighted by atomic mass is 9.95. The summed E-state index contributed by atoms with van der Waals surface area (Å²) < 4.78 is 4.00. The molecule has 0 atom stereocenters. The summed E-state index contributed by atoms with van der Waals surface area (Å²) in [5.41, 5.74) is 5.50. The van der Waals surface area contributed by atoms with E-state index in [1.807, 2.05) is 27.3 Å². The van der Waals surface area contributed by atoms with Crippen LogP contribution in [-0.2, 0) is 13.0 Å². The number of hydrogen-bond acceptors (Lipinski definition) is 4. The number of hydrogen-bond donors (Lipinski definition) is 1. The van der Waals surface area contributed by atoms with Gasteiger partial charge in [0.1, 0.15) is 0 Å². The molecule has 2 aromatic heterocycles. The topological polar surface area (TPSA) is 81.4 Å². The van der Waals surface area contributed by atoms with Gasteiger partial charge in [0.2, 0.25) is 0 Å². The van der Waals surface area contributed by atoms with Crippen molar-refractivity contribution in [3.63, 3.8) is 0 Å². The van der Waals surface area contributed by atoms with Crippen molar-refractivity contribution in [2.24, 2.45) is 5.92 Å². The van der Waals surface area contributed by atoms with E-state index in [1.165, 1.54) is 19.3 Å². The summed E-state index contributed by atoms with van der Waals surface area (Å²) in [5.74, 6) is 1.14. The highest BCUT2D eigenvalue weighted by atomic mass is 16.1. The van der Waals surface area contributed by atoms with Crippen LogP contribution in [0, 0.1) is 5.92 Å². The Kier molecular flexibility index (Phi) is 6.43. The van der Waals surface area contributed by atoms with Gasteiger partial charge in [0.25, 0.3) is 0 Å². The van der Waals surface area contributed by atoms with E-state index in [1.54, 1.807) is 0 Å². The first kappa shape index (κ1) is 22.3. The molecule has 5 rings (SSSR count). The van der Waals surface area contributed by atoms with E-state index in [0.717, 1.165) is 47.2 Å². The summed E-state index contributed by atoms with van der Waals surface area (Å²) in [6, 6.07) is 16.9. The molecule has 1 aliphatic carbocycles. The highest BCUT2D eigenvalue weighted by Gasteiger charge is 2.21. The van der Waals surface area contributed by atoms with Gasteiger partial charge in [-0.15, -0.1) is 5.10 Å². The van der Waals surface area contributed by atoms with Crippen molar-refractivity contribution in [2.75, 3.05) is 0 Å². The van der Waals surface area contributed by atoms with Crippen molar-refractivity contribution < 1.29 is 0 Å². The van der Waals surface area contributed by atoms with Gasteiger partial charge in [-0.1, -0.05) is 81.6 Å². The van der Waals surface area contributed by atoms with Crippen LogP contribution in [0.5, 0.6) is 0 Å². The first-order valence-corrected chi connectivity index (χ1v) is 12.3. The van der Waals surface area contributed by atoms with Gasteiger partial charge in [0, 0.05) is 23.5 Å². The Morgan fingerprint density at radius 3 is 2.41 bits per heavy atom. The number of tetrazole rings is 1. The van der Waals surface area contributed by atoms with E-state index in [0.29, 0.717) is 24.3 Å². The molecule has 0 amide bonds. The predicted molar refractivity (Wildman–Crippen MR) is 134 cm³/mol. The molecule has 0 radical (unpaired) electrons. The molecule has 0 saturated heterocycles. The SMILES string of the molecule is CC(C)Cc1cn(C2CCCCC2)c(=O)n1Cc1ccc(-c2ccccc2-c2nnn[nH]2)cc1. The van der Waals surface area contributed by atoms with Gasteiger partial charge in [0.15, 0.2) is 5.82 Å². The van der Waals surface area contributed by atoms with Gasteiger partial charge in [-0.05, 0) is 52.3 Å². The molecule has 0 aliphatic heterocycles. The number of aromatic amines is 1. The van der Waals surface area contributed by atoms with Crippen LogP contribution in [-0.4, -0.2) is 29.8 Å². The normalized spacial score (nSPS) is 14.7. The van der Waals surface area contributed by atoms with Crippen molar-refractivity contribution in [1.29, 1.82) is 0 Å². The molecule has 0 unspecified atom stereocenters. The highest BCUT2D eigenvalue weighted by molar-refractivity contribution is 5.80. The first-order chi connectivity index (χ1) is 16.6. The number of aromatic nitrogens is 6. The molecular formula is C27H32N6O. The fourth-order valence-electron chi connectivity index (χ4n) is 5.11. The molecule has 34 heavy (non-hydrogen) atoms. The molecule has 0 bridgehead atoms. The molecule has 7 heteroatoms. The fourth-order valence-corrected chi connectivity index (χ4v) is 5.11. The molecule has 7 nitrogen and oxygen atoms in total. The second kappa shape index (κ2) is 9.79. The Morgan fingerprint density at radius 2 is 1.74 bits per heavy atom. The van der Waals surface area contributed by atoms with E-state index >= 15 is 0 Å². The Hall–Kier alpha value is -3.48. The standard InChI is InChI=1S/C27H32N6O/c1-19(2)16-23-18-33(22-8-4-3-5-9-22)27(34)32(23)17-20-12-14-21(15-13-20)24-10-6-7-11-25(24)26-28-30-31-29-26/h6-7,10-15,18-19,22H,3-5,8-9,16-17H2,1-2H3,(H,28,29,30,31). The Morgan fingerprint density at radius 1 is 1.00 bits per heavy atom. The number of rotatable bonds is 7. The summed E-state index contributed by atoms with van der Waals surface area (Å²) in [4.78, 5) is 13.4. The molecule has 0 spiro atoms. The monoisotopic (exact) mass is 456 g/mol. The molecule has 1 saturated carbocycles. The largest absolute Gasteiger partial charge is 0.328 e. The minimum Gasteiger partial charge on any atom is -0.296 e. The quantitative estimate of drug-likeness (QED) is 0.412. The van der Waals surface area contributed by atoms with Crippen LogP contribution in [0.2, 0.25) is 0 Å². The summed E-state index contributed by atoms with van der Waals surface area (Å²) in [6.45, 7) is 5.01. The number of benzene rings is 2. The molecular weight excluding hydrogens is 424 g/mol. The van der Waals surface area contributed by atoms with E-state index in [9.17, 15) is 4.79 Å². The second-order valence-electron chi connectivity index (χ2n) is 9.78. The van der Waals surface area contributed by atoms with Crippen molar-refractivity contribution >= 4 is 0 Å². The van der Waals surface area contributed by atoms with E-state index in [2.05, 4.69) is 71.0 Å². The van der Waals surface area contributed by atoms with Crippen LogP contribution in [0.1, 0.15) is 63.3 Å². The summed E-state index contributed by atoms with van der Waals surface area (Å²) >= 11 is 0. The smallest absolute Gasteiger partial charge is 0.296 e. The van der Waals surface area contributed by atoms with Gasteiger partial charge in [-0.3, -0.25) is 9.13 Å². The maximum absolute atomic E-state index is 13.4. The molecule has 2 aromatic carbocycles. The number of H-pyrrole nitrogens is 1. The lowest BCUT2D eigenvalue weighted by Gasteiger charge is -2.22. The fraction of sp³-hybridized carbons (Fsp3) is 0.407. The molecule has 1 N–H and O–H groups in total. The number of nitrogens with one attached hydrogen (secondary N) is 1. The zero-order chi connectivity index (χ0) is 23.5. The molecule has 1 fully saturated rings. The van der Waals surface area contributed by atoms with Crippen LogP contribution in [0.15, 0.2) is 59.5 Å². The van der Waals surface area contributed by atoms with Gasteiger partial charge in [0.05, 0.1) is 6.54 Å². The molecule has 2 heterocycles. The number of imidazole rings is 1. The Bertz CT molecular complexity index is 1280. The van der Waals surface area contributed by atoms with Crippen molar-refractivity contribution in [3.05, 3.63) is 76.5 Å². The highest BCUT2D eigenvalue weighted by Crippen LogP contribution is 2.30. The number of nitrogens with zero attached hydrogens (tertiary/aromatic N) is 5. The lowest BCUT2D eigenvalue weighted by molar-refractivity contribution is 0.344. The van der Waals surface area contributed by atoms with Gasteiger partial charge in [-0.25, -0.2) is 9.89 Å². The third-order valence-electron chi connectivity index (χ3n) is 6.81. The van der Waals surface area contributed by atoms with Crippen LogP contribution < -0.4 is 5.69 Å².